The Morgan fingerprint density at radius 2 is 2.22 bits per heavy atom. The van der Waals surface area contributed by atoms with E-state index in [-0.39, 0.29) is 24.0 Å². The minimum absolute atomic E-state index is 0.0824. The average Bonchev–Trinajstić information content (AvgIpc) is 3.17. The Kier molecular flexibility index (Phi) is 5.67. The predicted octanol–water partition coefficient (Wildman–Crippen LogP) is 3.61. The van der Waals surface area contributed by atoms with Gasteiger partial charge in [0.15, 0.2) is 0 Å². The van der Waals surface area contributed by atoms with Crippen LogP contribution in [0.5, 0.6) is 0 Å². The van der Waals surface area contributed by atoms with Crippen molar-refractivity contribution in [3.63, 3.8) is 0 Å². The van der Waals surface area contributed by atoms with Crippen molar-refractivity contribution in [1.29, 1.82) is 5.26 Å². The lowest BCUT2D eigenvalue weighted by Crippen LogP contribution is -2.31. The number of carbonyl (C=O) groups is 2. The van der Waals surface area contributed by atoms with Crippen LogP contribution in [0.15, 0.2) is 51.6 Å². The number of nitrogens with one attached hydrogen (secondary N) is 2. The van der Waals surface area contributed by atoms with E-state index in [4.69, 9.17) is 4.42 Å². The molecule has 7 heteroatoms. The standard InChI is InChI=1S/C20H19N3O3S/c1-12-5-6-13(2)16(8-12)22-19(25)11-27-20-15(10-21)14(9-18(24)23-20)17-4-3-7-26-17/h3-8,14H,9,11H2,1-2H3,(H,22,25)(H,23,24)/t14-/m1/s1. The van der Waals surface area contributed by atoms with Gasteiger partial charge in [-0.3, -0.25) is 9.59 Å². The molecule has 0 unspecified atom stereocenters. The van der Waals surface area contributed by atoms with Crippen molar-refractivity contribution in [2.75, 3.05) is 11.1 Å². The molecule has 1 aromatic carbocycles. The Morgan fingerprint density at radius 3 is 2.93 bits per heavy atom. The van der Waals surface area contributed by atoms with Crippen LogP contribution in [-0.2, 0) is 9.59 Å². The molecule has 1 atom stereocenters. The first-order valence-corrected chi connectivity index (χ1v) is 9.44. The number of furan rings is 1. The third kappa shape index (κ3) is 4.41. The van der Waals surface area contributed by atoms with Crippen LogP contribution in [0.4, 0.5) is 5.69 Å². The predicted molar refractivity (Wildman–Crippen MR) is 104 cm³/mol. The fraction of sp³-hybridized carbons (Fsp3) is 0.250. The largest absolute Gasteiger partial charge is 0.469 e. The van der Waals surface area contributed by atoms with Gasteiger partial charge < -0.3 is 15.1 Å². The zero-order chi connectivity index (χ0) is 19.4. The normalized spacial score (nSPS) is 16.6. The first-order valence-electron chi connectivity index (χ1n) is 8.45. The first-order chi connectivity index (χ1) is 13.0. The average molecular weight is 381 g/mol. The van der Waals surface area contributed by atoms with E-state index in [0.29, 0.717) is 16.4 Å². The summed E-state index contributed by atoms with van der Waals surface area (Å²) in [7, 11) is 0. The van der Waals surface area contributed by atoms with Crippen LogP contribution >= 0.6 is 11.8 Å². The fourth-order valence-corrected chi connectivity index (χ4v) is 3.74. The summed E-state index contributed by atoms with van der Waals surface area (Å²) in [5, 5.41) is 15.6. The van der Waals surface area contributed by atoms with Gasteiger partial charge in [0, 0.05) is 12.1 Å². The highest BCUT2D eigenvalue weighted by Gasteiger charge is 2.31. The summed E-state index contributed by atoms with van der Waals surface area (Å²) in [5.74, 6) is -0.178. The van der Waals surface area contributed by atoms with Gasteiger partial charge in [0.25, 0.3) is 0 Å². The second-order valence-electron chi connectivity index (χ2n) is 6.33. The smallest absolute Gasteiger partial charge is 0.234 e. The highest BCUT2D eigenvalue weighted by Crippen LogP contribution is 2.36. The third-order valence-electron chi connectivity index (χ3n) is 4.26. The van der Waals surface area contributed by atoms with Crippen LogP contribution in [-0.4, -0.2) is 17.6 Å². The molecule has 27 heavy (non-hydrogen) atoms. The van der Waals surface area contributed by atoms with Crippen LogP contribution < -0.4 is 10.6 Å². The number of carbonyl (C=O) groups excluding carboxylic acids is 2. The van der Waals surface area contributed by atoms with Gasteiger partial charge in [0.2, 0.25) is 11.8 Å². The monoisotopic (exact) mass is 381 g/mol. The molecule has 1 aliphatic heterocycles. The fourth-order valence-electron chi connectivity index (χ4n) is 2.86. The molecule has 2 heterocycles. The van der Waals surface area contributed by atoms with Crippen molar-refractivity contribution in [2.45, 2.75) is 26.2 Å². The van der Waals surface area contributed by atoms with Crippen LogP contribution in [0.25, 0.3) is 0 Å². The molecule has 138 valence electrons. The number of nitriles is 1. The van der Waals surface area contributed by atoms with E-state index in [1.165, 1.54) is 6.26 Å². The number of rotatable bonds is 5. The Morgan fingerprint density at radius 1 is 1.41 bits per heavy atom. The molecule has 0 radical (unpaired) electrons. The lowest BCUT2D eigenvalue weighted by molar-refractivity contribution is -0.121. The highest BCUT2D eigenvalue weighted by atomic mass is 32.2. The Hall–Kier alpha value is -2.98. The minimum Gasteiger partial charge on any atom is -0.469 e. The number of hydrogen-bond acceptors (Lipinski definition) is 5. The van der Waals surface area contributed by atoms with E-state index in [2.05, 4.69) is 16.7 Å². The quantitative estimate of drug-likeness (QED) is 0.825. The van der Waals surface area contributed by atoms with E-state index in [9.17, 15) is 14.9 Å². The van der Waals surface area contributed by atoms with Gasteiger partial charge >= 0.3 is 0 Å². The third-order valence-corrected chi connectivity index (χ3v) is 5.27. The maximum absolute atomic E-state index is 12.3. The summed E-state index contributed by atoms with van der Waals surface area (Å²) in [4.78, 5) is 24.4. The molecule has 2 amide bonds. The molecule has 6 nitrogen and oxygen atoms in total. The molecule has 2 aromatic rings. The summed E-state index contributed by atoms with van der Waals surface area (Å²) in [5.41, 5.74) is 3.20. The van der Waals surface area contributed by atoms with E-state index < -0.39 is 5.92 Å². The SMILES string of the molecule is Cc1ccc(C)c(NC(=O)CSC2=C(C#N)[C@H](c3ccco3)CC(=O)N2)c1. The number of benzene rings is 1. The van der Waals surface area contributed by atoms with Crippen molar-refractivity contribution in [1.82, 2.24) is 5.32 Å². The number of nitrogens with zero attached hydrogens (tertiary/aromatic N) is 1. The summed E-state index contributed by atoms with van der Waals surface area (Å²) < 4.78 is 5.38. The van der Waals surface area contributed by atoms with Crippen LogP contribution in [0, 0.1) is 25.2 Å². The van der Waals surface area contributed by atoms with E-state index in [0.717, 1.165) is 28.6 Å². The van der Waals surface area contributed by atoms with Crippen molar-refractivity contribution >= 4 is 29.3 Å². The van der Waals surface area contributed by atoms with Crippen molar-refractivity contribution in [3.05, 3.63) is 64.1 Å². The number of allylic oxidation sites excluding steroid dienone is 1. The van der Waals surface area contributed by atoms with Crippen LogP contribution in [0.2, 0.25) is 0 Å². The van der Waals surface area contributed by atoms with Gasteiger partial charge in [-0.05, 0) is 43.2 Å². The van der Waals surface area contributed by atoms with Crippen molar-refractivity contribution < 1.29 is 14.0 Å². The molecule has 0 aliphatic carbocycles. The van der Waals surface area contributed by atoms with E-state index in [1.54, 1.807) is 12.1 Å². The van der Waals surface area contributed by atoms with Gasteiger partial charge in [-0.25, -0.2) is 0 Å². The van der Waals surface area contributed by atoms with Crippen LogP contribution in [0.1, 0.15) is 29.2 Å². The van der Waals surface area contributed by atoms with E-state index >= 15 is 0 Å². The molecular formula is C20H19N3O3S. The highest BCUT2D eigenvalue weighted by molar-refractivity contribution is 8.03. The molecule has 0 bridgehead atoms. The Bertz CT molecular complexity index is 942. The maximum atomic E-state index is 12.3. The molecule has 0 saturated carbocycles. The molecule has 0 saturated heterocycles. The Balaban J connectivity index is 1.73. The lowest BCUT2D eigenvalue weighted by Gasteiger charge is -2.23. The molecule has 1 aromatic heterocycles. The zero-order valence-electron chi connectivity index (χ0n) is 15.0. The summed E-state index contributed by atoms with van der Waals surface area (Å²) in [6, 6.07) is 11.5. The number of thioether (sulfide) groups is 1. The van der Waals surface area contributed by atoms with Gasteiger partial charge in [-0.15, -0.1) is 0 Å². The lowest BCUT2D eigenvalue weighted by atomic mass is 9.92. The van der Waals surface area contributed by atoms with Crippen molar-refractivity contribution in [3.8, 4) is 6.07 Å². The Labute approximate surface area is 161 Å². The summed E-state index contributed by atoms with van der Waals surface area (Å²) in [6.07, 6.45) is 1.66. The zero-order valence-corrected chi connectivity index (χ0v) is 15.9. The molecule has 0 fully saturated rings. The minimum atomic E-state index is -0.427. The molecule has 3 rings (SSSR count). The van der Waals surface area contributed by atoms with Gasteiger partial charge in [-0.2, -0.15) is 5.26 Å². The van der Waals surface area contributed by atoms with E-state index in [1.807, 2.05) is 32.0 Å². The van der Waals surface area contributed by atoms with Gasteiger partial charge in [-0.1, -0.05) is 23.9 Å². The second-order valence-corrected chi connectivity index (χ2v) is 7.32. The molecule has 2 N–H and O–H groups in total. The number of hydrogen-bond donors (Lipinski definition) is 2. The van der Waals surface area contributed by atoms with Gasteiger partial charge in [0.05, 0.1) is 34.6 Å². The van der Waals surface area contributed by atoms with Crippen LogP contribution in [0.3, 0.4) is 0 Å². The van der Waals surface area contributed by atoms with Gasteiger partial charge in [0.1, 0.15) is 5.76 Å². The maximum Gasteiger partial charge on any atom is 0.234 e. The summed E-state index contributed by atoms with van der Waals surface area (Å²) >= 11 is 1.14. The molecular weight excluding hydrogens is 362 g/mol. The second kappa shape index (κ2) is 8.14. The molecule has 0 spiro atoms. The van der Waals surface area contributed by atoms with Crippen molar-refractivity contribution in [2.24, 2.45) is 0 Å². The first kappa shape index (κ1) is 18.8. The topological polar surface area (TPSA) is 95.1 Å². The summed E-state index contributed by atoms with van der Waals surface area (Å²) in [6.45, 7) is 3.88. The number of aryl methyl sites for hydroxylation is 2. The molecule has 1 aliphatic rings. The number of amides is 2. The number of anilines is 1.